The van der Waals surface area contributed by atoms with Crippen LogP contribution in [0.25, 0.3) is 0 Å². The highest BCUT2D eigenvalue weighted by molar-refractivity contribution is 7.79. The molecule has 3 aromatic rings. The van der Waals surface area contributed by atoms with Crippen LogP contribution in [0.4, 0.5) is 0 Å². The Hall–Kier alpha value is -2.47. The number of hydrogen-bond acceptors (Lipinski definition) is 6. The summed E-state index contributed by atoms with van der Waals surface area (Å²) in [4.78, 5) is 7.48. The van der Waals surface area contributed by atoms with Gasteiger partial charge in [0.25, 0.3) is 0 Å². The number of ether oxygens (including phenoxy) is 1. The van der Waals surface area contributed by atoms with E-state index in [1.165, 1.54) is 0 Å². The van der Waals surface area contributed by atoms with Crippen molar-refractivity contribution in [1.29, 1.82) is 0 Å². The summed E-state index contributed by atoms with van der Waals surface area (Å²) in [5.74, 6) is 0.477. The fraction of sp³-hybridized carbons (Fsp3) is 0.357. The van der Waals surface area contributed by atoms with E-state index in [4.69, 9.17) is 4.74 Å². The van der Waals surface area contributed by atoms with Crippen LogP contribution >= 0.6 is 7.14 Å². The Bertz CT molecular complexity index is 1120. The van der Waals surface area contributed by atoms with Crippen LogP contribution in [-0.2, 0) is 4.57 Å². The van der Waals surface area contributed by atoms with Gasteiger partial charge in [0.05, 0.1) is 37.9 Å². The maximum Gasteiger partial charge on any atom is 0.163 e. The fourth-order valence-electron chi connectivity index (χ4n) is 6.19. The van der Waals surface area contributed by atoms with Gasteiger partial charge in [0.2, 0.25) is 0 Å². The van der Waals surface area contributed by atoms with Crippen molar-refractivity contribution in [3.05, 3.63) is 90.5 Å². The van der Waals surface area contributed by atoms with Gasteiger partial charge in [-0.25, -0.2) is 0 Å². The highest BCUT2D eigenvalue weighted by atomic mass is 31.2. The molecule has 4 bridgehead atoms. The molecule has 0 aliphatic carbocycles. The molecule has 4 saturated heterocycles. The third-order valence-electron chi connectivity index (χ3n) is 7.37. The molecule has 4 aliphatic rings. The van der Waals surface area contributed by atoms with E-state index in [1.54, 1.807) is 0 Å². The molecule has 4 aliphatic heterocycles. The number of nitrogens with one attached hydrogen (secondary N) is 1. The normalized spacial score (nSPS) is 28.1. The SMILES string of the molecule is CCOc1ccc(C(NC23CN4CN(CN(C4)C2)C3)P(=O)(c2ccccc2)c2ccccc2)cc1. The van der Waals surface area contributed by atoms with Crippen molar-refractivity contribution in [3.63, 3.8) is 0 Å². The molecular weight excluding hydrogens is 455 g/mol. The van der Waals surface area contributed by atoms with Crippen molar-refractivity contribution in [3.8, 4) is 5.75 Å². The van der Waals surface area contributed by atoms with E-state index in [9.17, 15) is 0 Å². The summed E-state index contributed by atoms with van der Waals surface area (Å²) < 4.78 is 21.2. The van der Waals surface area contributed by atoms with Gasteiger partial charge in [-0.1, -0.05) is 72.8 Å². The lowest BCUT2D eigenvalue weighted by molar-refractivity contribution is -0.150. The first-order valence-corrected chi connectivity index (χ1v) is 14.2. The first-order chi connectivity index (χ1) is 17.1. The highest BCUT2D eigenvalue weighted by Gasteiger charge is 2.51. The van der Waals surface area contributed by atoms with Gasteiger partial charge in [0, 0.05) is 30.2 Å². The molecule has 0 radical (unpaired) electrons. The molecule has 1 unspecified atom stereocenters. The summed E-state index contributed by atoms with van der Waals surface area (Å²) in [5.41, 5.74) is 0.886. The average molecular weight is 489 g/mol. The minimum atomic E-state index is -3.12. The zero-order valence-electron chi connectivity index (χ0n) is 20.2. The molecule has 6 nitrogen and oxygen atoms in total. The van der Waals surface area contributed by atoms with Crippen molar-refractivity contribution in [2.75, 3.05) is 46.2 Å². The van der Waals surface area contributed by atoms with Crippen molar-refractivity contribution >= 4 is 17.8 Å². The van der Waals surface area contributed by atoms with Gasteiger partial charge in [0.1, 0.15) is 5.75 Å². The van der Waals surface area contributed by atoms with Crippen molar-refractivity contribution in [1.82, 2.24) is 20.0 Å². The molecule has 4 fully saturated rings. The zero-order chi connectivity index (χ0) is 23.9. The molecule has 0 spiro atoms. The minimum absolute atomic E-state index is 0.142. The summed E-state index contributed by atoms with van der Waals surface area (Å²) in [7, 11) is -3.12. The Morgan fingerprint density at radius 3 is 1.74 bits per heavy atom. The second kappa shape index (κ2) is 9.20. The predicted octanol–water partition coefficient (Wildman–Crippen LogP) is 3.25. The molecule has 0 amide bonds. The van der Waals surface area contributed by atoms with E-state index in [0.717, 1.165) is 61.6 Å². The van der Waals surface area contributed by atoms with Crippen LogP contribution in [0.5, 0.6) is 5.75 Å². The molecule has 1 atom stereocenters. The molecule has 0 saturated carbocycles. The van der Waals surface area contributed by atoms with Crippen molar-refractivity contribution in [2.45, 2.75) is 18.2 Å². The Balaban J connectivity index is 1.48. The van der Waals surface area contributed by atoms with E-state index < -0.39 is 7.14 Å². The Morgan fingerprint density at radius 1 is 0.800 bits per heavy atom. The number of rotatable bonds is 8. The Morgan fingerprint density at radius 2 is 1.29 bits per heavy atom. The largest absolute Gasteiger partial charge is 0.494 e. The van der Waals surface area contributed by atoms with Gasteiger partial charge < -0.3 is 9.30 Å². The molecule has 7 heteroatoms. The molecule has 7 rings (SSSR count). The Labute approximate surface area is 207 Å². The maximum atomic E-state index is 15.5. The predicted molar refractivity (Wildman–Crippen MR) is 141 cm³/mol. The molecule has 3 aromatic carbocycles. The lowest BCUT2D eigenvalue weighted by Gasteiger charge is -2.61. The maximum absolute atomic E-state index is 15.5. The summed E-state index contributed by atoms with van der Waals surface area (Å²) in [6, 6.07) is 28.2. The summed E-state index contributed by atoms with van der Waals surface area (Å²) in [6.45, 7) is 8.57. The quantitative estimate of drug-likeness (QED) is 0.492. The highest BCUT2D eigenvalue weighted by Crippen LogP contribution is 2.57. The van der Waals surface area contributed by atoms with Gasteiger partial charge >= 0.3 is 0 Å². The molecule has 35 heavy (non-hydrogen) atoms. The molecule has 0 aromatic heterocycles. The van der Waals surface area contributed by atoms with Crippen molar-refractivity contribution < 1.29 is 9.30 Å². The van der Waals surface area contributed by atoms with E-state index in [1.807, 2.05) is 79.7 Å². The van der Waals surface area contributed by atoms with Gasteiger partial charge in [-0.2, -0.15) is 0 Å². The number of nitrogens with zero attached hydrogens (tertiary/aromatic N) is 3. The number of hydrogen-bond donors (Lipinski definition) is 1. The van der Waals surface area contributed by atoms with E-state index in [0.29, 0.717) is 6.61 Å². The fourth-order valence-corrected chi connectivity index (χ4v) is 9.36. The summed E-state index contributed by atoms with van der Waals surface area (Å²) >= 11 is 0. The minimum Gasteiger partial charge on any atom is -0.494 e. The van der Waals surface area contributed by atoms with E-state index in [-0.39, 0.29) is 11.3 Å². The molecule has 1 N–H and O–H groups in total. The monoisotopic (exact) mass is 488 g/mol. The van der Waals surface area contributed by atoms with E-state index >= 15 is 4.57 Å². The molecule has 182 valence electrons. The van der Waals surface area contributed by atoms with Crippen LogP contribution in [0.3, 0.4) is 0 Å². The van der Waals surface area contributed by atoms with Crippen LogP contribution < -0.4 is 20.7 Å². The standard InChI is InChI=1S/C28H33N4O2P/c1-2-34-24-15-13-23(14-16-24)27(29-28-17-30-20-31(18-28)22-32(19-28)21-30)35(33,25-9-5-3-6-10-25)26-11-7-4-8-12-26/h3-16,27,29H,2,17-22H2,1H3. The first kappa shape index (κ1) is 23.0. The Kier molecular flexibility index (Phi) is 6.03. The van der Waals surface area contributed by atoms with Gasteiger partial charge in [0.15, 0.2) is 7.14 Å². The second-order valence-electron chi connectivity index (χ2n) is 10.1. The smallest absolute Gasteiger partial charge is 0.163 e. The molecular formula is C28H33N4O2P. The summed E-state index contributed by atoms with van der Waals surface area (Å²) in [6.07, 6.45) is 0. The van der Waals surface area contributed by atoms with Gasteiger partial charge in [-0.05, 0) is 24.6 Å². The van der Waals surface area contributed by atoms with Crippen LogP contribution in [-0.4, -0.2) is 66.5 Å². The van der Waals surface area contributed by atoms with Crippen molar-refractivity contribution in [2.24, 2.45) is 0 Å². The first-order valence-electron chi connectivity index (χ1n) is 12.5. The molecule has 4 heterocycles. The van der Waals surface area contributed by atoms with E-state index in [2.05, 4.69) is 32.1 Å². The van der Waals surface area contributed by atoms with Gasteiger partial charge in [-0.15, -0.1) is 0 Å². The van der Waals surface area contributed by atoms with Crippen LogP contribution in [0, 0.1) is 0 Å². The van der Waals surface area contributed by atoms with Gasteiger partial charge in [-0.3, -0.25) is 20.0 Å². The summed E-state index contributed by atoms with van der Waals surface area (Å²) in [5, 5.41) is 5.79. The zero-order valence-corrected chi connectivity index (χ0v) is 21.1. The number of benzene rings is 3. The van der Waals surface area contributed by atoms with Crippen LogP contribution in [0.2, 0.25) is 0 Å². The van der Waals surface area contributed by atoms with Crippen LogP contribution in [0.15, 0.2) is 84.9 Å². The topological polar surface area (TPSA) is 48.1 Å². The third-order valence-corrected chi connectivity index (χ3v) is 10.7. The lowest BCUT2D eigenvalue weighted by atomic mass is 9.90. The lowest BCUT2D eigenvalue weighted by Crippen LogP contribution is -2.79. The van der Waals surface area contributed by atoms with Crippen LogP contribution in [0.1, 0.15) is 18.3 Å². The average Bonchev–Trinajstić information content (AvgIpc) is 2.88. The third kappa shape index (κ3) is 4.24. The second-order valence-corrected chi connectivity index (χ2v) is 12.9.